The van der Waals surface area contributed by atoms with Crippen molar-refractivity contribution in [1.29, 1.82) is 0 Å². The molecule has 0 bridgehead atoms. The van der Waals surface area contributed by atoms with Gasteiger partial charge in [0, 0.05) is 30.4 Å². The Morgan fingerprint density at radius 3 is 2.50 bits per heavy atom. The van der Waals surface area contributed by atoms with Crippen LogP contribution in [0.3, 0.4) is 0 Å². The van der Waals surface area contributed by atoms with Crippen LogP contribution in [0.25, 0.3) is 10.9 Å². The smallest absolute Gasteiger partial charge is 0.275 e. The molecule has 1 atom stereocenters. The summed E-state index contributed by atoms with van der Waals surface area (Å²) in [6.07, 6.45) is 6.00. The molecule has 1 N–H and O–H groups in total. The molecular formula is C21H23N3O2. The van der Waals surface area contributed by atoms with E-state index in [2.05, 4.69) is 5.32 Å². The molecule has 0 radical (unpaired) electrons. The normalized spacial score (nSPS) is 15.1. The summed E-state index contributed by atoms with van der Waals surface area (Å²) < 4.78 is 3.45. The highest BCUT2D eigenvalue weighted by molar-refractivity contribution is 5.80. The number of hydrogen-bond acceptors (Lipinski definition) is 2. The minimum absolute atomic E-state index is 0.0579. The lowest BCUT2D eigenvalue weighted by Gasteiger charge is -2.14. The number of rotatable bonds is 6. The summed E-state index contributed by atoms with van der Waals surface area (Å²) in [5.41, 5.74) is 1.65. The number of nitrogens with one attached hydrogen (secondary N) is 1. The van der Waals surface area contributed by atoms with E-state index < -0.39 is 0 Å². The second-order valence-corrected chi connectivity index (χ2v) is 7.18. The van der Waals surface area contributed by atoms with Gasteiger partial charge in [0.05, 0.1) is 0 Å². The standard InChI is InChI=1S/C21H23N3O2/c1-15(17-7-8-17)22-19(25)14-24-12-10-18-9-11-23(20(18)21(24)26)13-16-5-3-2-4-6-16/h2-6,9-12,15,17H,7-8,13-14H2,1H3,(H,22,25). The zero-order valence-electron chi connectivity index (χ0n) is 14.9. The number of aromatic nitrogens is 2. The molecule has 2 aromatic heterocycles. The number of hydrogen-bond donors (Lipinski definition) is 1. The third-order valence-electron chi connectivity index (χ3n) is 5.12. The van der Waals surface area contributed by atoms with Gasteiger partial charge in [-0.3, -0.25) is 9.59 Å². The summed E-state index contributed by atoms with van der Waals surface area (Å²) in [5, 5.41) is 3.91. The maximum absolute atomic E-state index is 12.9. The average molecular weight is 349 g/mol. The van der Waals surface area contributed by atoms with Crippen molar-refractivity contribution in [2.24, 2.45) is 5.92 Å². The largest absolute Gasteiger partial charge is 0.352 e. The van der Waals surface area contributed by atoms with Crippen molar-refractivity contribution in [1.82, 2.24) is 14.5 Å². The molecule has 0 aliphatic heterocycles. The lowest BCUT2D eigenvalue weighted by Crippen LogP contribution is -2.38. The van der Waals surface area contributed by atoms with Gasteiger partial charge in [-0.15, -0.1) is 0 Å². The van der Waals surface area contributed by atoms with Gasteiger partial charge in [-0.25, -0.2) is 0 Å². The molecule has 0 saturated heterocycles. The number of carbonyl (C=O) groups excluding carboxylic acids is 1. The number of pyridine rings is 1. The number of carbonyl (C=O) groups is 1. The van der Waals surface area contributed by atoms with Crippen molar-refractivity contribution >= 4 is 16.8 Å². The van der Waals surface area contributed by atoms with Gasteiger partial charge in [0.25, 0.3) is 5.56 Å². The highest BCUT2D eigenvalue weighted by Crippen LogP contribution is 2.32. The van der Waals surface area contributed by atoms with E-state index in [1.807, 2.05) is 60.2 Å². The fraction of sp³-hybridized carbons (Fsp3) is 0.333. The molecule has 1 unspecified atom stereocenters. The zero-order valence-corrected chi connectivity index (χ0v) is 14.9. The van der Waals surface area contributed by atoms with E-state index in [-0.39, 0.29) is 24.1 Å². The van der Waals surface area contributed by atoms with Crippen molar-refractivity contribution in [3.63, 3.8) is 0 Å². The van der Waals surface area contributed by atoms with Crippen LogP contribution in [-0.2, 0) is 17.9 Å². The lowest BCUT2D eigenvalue weighted by atomic mass is 10.2. The fourth-order valence-electron chi connectivity index (χ4n) is 3.45. The minimum atomic E-state index is -0.127. The van der Waals surface area contributed by atoms with Gasteiger partial charge >= 0.3 is 0 Å². The second-order valence-electron chi connectivity index (χ2n) is 7.18. The molecule has 26 heavy (non-hydrogen) atoms. The number of nitrogens with zero attached hydrogens (tertiary/aromatic N) is 2. The van der Waals surface area contributed by atoms with Crippen LogP contribution >= 0.6 is 0 Å². The summed E-state index contributed by atoms with van der Waals surface area (Å²) in [6, 6.07) is 14.1. The van der Waals surface area contributed by atoms with Crippen LogP contribution in [0.4, 0.5) is 0 Å². The van der Waals surface area contributed by atoms with Gasteiger partial charge in [0.1, 0.15) is 12.1 Å². The first-order valence-corrected chi connectivity index (χ1v) is 9.13. The van der Waals surface area contributed by atoms with E-state index in [9.17, 15) is 9.59 Å². The first-order valence-electron chi connectivity index (χ1n) is 9.13. The molecule has 1 fully saturated rings. The Morgan fingerprint density at radius 1 is 1.12 bits per heavy atom. The third kappa shape index (κ3) is 3.43. The van der Waals surface area contributed by atoms with Crippen molar-refractivity contribution in [2.45, 2.75) is 38.9 Å². The van der Waals surface area contributed by atoms with Crippen LogP contribution in [0.15, 0.2) is 59.7 Å². The molecule has 5 heteroatoms. The van der Waals surface area contributed by atoms with E-state index in [1.165, 1.54) is 17.4 Å². The van der Waals surface area contributed by atoms with E-state index >= 15 is 0 Å². The molecule has 1 aliphatic rings. The maximum atomic E-state index is 12.9. The summed E-state index contributed by atoms with van der Waals surface area (Å²) in [5.74, 6) is 0.494. The van der Waals surface area contributed by atoms with Crippen LogP contribution in [-0.4, -0.2) is 21.1 Å². The predicted octanol–water partition coefficient (Wildman–Crippen LogP) is 2.77. The van der Waals surface area contributed by atoms with E-state index in [4.69, 9.17) is 0 Å². The quantitative estimate of drug-likeness (QED) is 0.744. The Morgan fingerprint density at radius 2 is 1.81 bits per heavy atom. The first kappa shape index (κ1) is 16.6. The number of fused-ring (bicyclic) bond motifs is 1. The van der Waals surface area contributed by atoms with Crippen LogP contribution < -0.4 is 10.9 Å². The summed E-state index contributed by atoms with van der Waals surface area (Å²) >= 11 is 0. The number of amides is 1. The van der Waals surface area contributed by atoms with Crippen molar-refractivity contribution < 1.29 is 4.79 Å². The Balaban J connectivity index is 1.58. The molecule has 134 valence electrons. The summed E-state index contributed by atoms with van der Waals surface area (Å²) in [4.78, 5) is 25.2. The molecule has 0 spiro atoms. The molecule has 2 heterocycles. The van der Waals surface area contributed by atoms with E-state index in [0.29, 0.717) is 18.0 Å². The molecule has 1 saturated carbocycles. The van der Waals surface area contributed by atoms with Gasteiger partial charge in [0.2, 0.25) is 5.91 Å². The molecule has 1 aromatic carbocycles. The monoisotopic (exact) mass is 349 g/mol. The zero-order chi connectivity index (χ0) is 18.1. The highest BCUT2D eigenvalue weighted by atomic mass is 16.2. The first-order chi connectivity index (χ1) is 12.6. The van der Waals surface area contributed by atoms with Crippen molar-refractivity contribution in [3.8, 4) is 0 Å². The van der Waals surface area contributed by atoms with E-state index in [1.54, 1.807) is 6.20 Å². The Labute approximate surface area is 152 Å². The molecule has 3 aromatic rings. The summed E-state index contributed by atoms with van der Waals surface area (Å²) in [6.45, 7) is 2.73. The van der Waals surface area contributed by atoms with Crippen LogP contribution in [0.5, 0.6) is 0 Å². The lowest BCUT2D eigenvalue weighted by molar-refractivity contribution is -0.122. The van der Waals surface area contributed by atoms with Gasteiger partial charge in [-0.05, 0) is 43.4 Å². The SMILES string of the molecule is CC(NC(=O)Cn1ccc2ccn(Cc3ccccc3)c2c1=O)C1CC1. The third-order valence-corrected chi connectivity index (χ3v) is 5.12. The second kappa shape index (κ2) is 6.83. The average Bonchev–Trinajstić information content (AvgIpc) is 3.41. The molecule has 5 nitrogen and oxygen atoms in total. The molecule has 1 amide bonds. The van der Waals surface area contributed by atoms with Crippen molar-refractivity contribution in [2.75, 3.05) is 0 Å². The number of benzene rings is 1. The van der Waals surface area contributed by atoms with Crippen molar-refractivity contribution in [3.05, 3.63) is 70.8 Å². The van der Waals surface area contributed by atoms with Gasteiger partial charge in [-0.2, -0.15) is 0 Å². The summed E-state index contributed by atoms with van der Waals surface area (Å²) in [7, 11) is 0. The van der Waals surface area contributed by atoms with Crippen LogP contribution in [0, 0.1) is 5.92 Å². The van der Waals surface area contributed by atoms with Gasteiger partial charge in [-0.1, -0.05) is 30.3 Å². The fourth-order valence-corrected chi connectivity index (χ4v) is 3.45. The Bertz CT molecular complexity index is 983. The van der Waals surface area contributed by atoms with Gasteiger partial charge < -0.3 is 14.5 Å². The Hall–Kier alpha value is -2.82. The molecule has 4 rings (SSSR count). The van der Waals surface area contributed by atoms with Crippen LogP contribution in [0.1, 0.15) is 25.3 Å². The van der Waals surface area contributed by atoms with Gasteiger partial charge in [0.15, 0.2) is 0 Å². The van der Waals surface area contributed by atoms with Crippen LogP contribution in [0.2, 0.25) is 0 Å². The Kier molecular flexibility index (Phi) is 4.37. The van der Waals surface area contributed by atoms with E-state index in [0.717, 1.165) is 10.9 Å². The molecule has 1 aliphatic carbocycles. The predicted molar refractivity (Wildman–Crippen MR) is 102 cm³/mol. The maximum Gasteiger partial charge on any atom is 0.275 e. The molecular weight excluding hydrogens is 326 g/mol. The highest BCUT2D eigenvalue weighted by Gasteiger charge is 2.28. The topological polar surface area (TPSA) is 56.0 Å². The minimum Gasteiger partial charge on any atom is -0.352 e.